The number of hydrogen-bond acceptors (Lipinski definition) is 4. The molecule has 0 aliphatic rings. The molecule has 0 fully saturated rings. The van der Waals surface area contributed by atoms with Crippen LogP contribution in [-0.4, -0.2) is 18.9 Å². The normalized spacial score (nSPS) is 11.3. The van der Waals surface area contributed by atoms with Crippen molar-refractivity contribution in [2.45, 2.75) is 17.5 Å². The molecule has 5 nitrogen and oxygen atoms in total. The molecule has 0 saturated heterocycles. The number of halogens is 2. The van der Waals surface area contributed by atoms with E-state index in [0.717, 1.165) is 5.69 Å². The molecule has 4 rings (SSSR count). The average molecular weight is 417 g/mol. The number of hydrogen-bond donors (Lipinski definition) is 0. The number of rotatable bonds is 5. The summed E-state index contributed by atoms with van der Waals surface area (Å²) in [4.78, 5) is 22.0. The number of aromatic nitrogens is 4. The van der Waals surface area contributed by atoms with Crippen LogP contribution in [0.15, 0.2) is 65.3 Å². The lowest BCUT2D eigenvalue weighted by Crippen LogP contribution is -2.22. The lowest BCUT2D eigenvalue weighted by atomic mass is 10.2. The lowest BCUT2D eigenvalue weighted by Gasteiger charge is -2.10. The molecule has 4 aromatic rings. The molecule has 0 N–H and O–H groups in total. The molecule has 0 bridgehead atoms. The molecular weight excluding hydrogens is 403 g/mol. The Kier molecular flexibility index (Phi) is 4.95. The maximum atomic E-state index is 12.8. The number of thioether (sulfide) groups is 1. The Labute approximate surface area is 169 Å². The highest BCUT2D eigenvalue weighted by Gasteiger charge is 2.12. The predicted octanol–water partition coefficient (Wildman–Crippen LogP) is 4.83. The highest BCUT2D eigenvalue weighted by Crippen LogP contribution is 2.25. The van der Waals surface area contributed by atoms with E-state index in [1.807, 2.05) is 24.4 Å². The van der Waals surface area contributed by atoms with E-state index in [-0.39, 0.29) is 5.56 Å². The summed E-state index contributed by atoms with van der Waals surface area (Å²) < 4.78 is 3.42. The van der Waals surface area contributed by atoms with Crippen molar-refractivity contribution in [1.29, 1.82) is 0 Å². The van der Waals surface area contributed by atoms with E-state index in [1.165, 1.54) is 11.8 Å². The van der Waals surface area contributed by atoms with E-state index in [1.54, 1.807) is 33.4 Å². The van der Waals surface area contributed by atoms with Crippen LogP contribution in [0.2, 0.25) is 10.0 Å². The van der Waals surface area contributed by atoms with Crippen molar-refractivity contribution >= 4 is 51.5 Å². The van der Waals surface area contributed by atoms with Gasteiger partial charge < -0.3 is 4.40 Å². The largest absolute Gasteiger partial charge is 0.304 e. The Morgan fingerprint density at radius 2 is 2.00 bits per heavy atom. The Morgan fingerprint density at radius 3 is 2.81 bits per heavy atom. The van der Waals surface area contributed by atoms with Gasteiger partial charge in [-0.15, -0.1) is 6.58 Å². The highest BCUT2D eigenvalue weighted by molar-refractivity contribution is 7.98. The fourth-order valence-corrected chi connectivity index (χ4v) is 4.25. The van der Waals surface area contributed by atoms with Gasteiger partial charge in [0.15, 0.2) is 10.8 Å². The Balaban J connectivity index is 1.71. The van der Waals surface area contributed by atoms with Crippen molar-refractivity contribution in [3.05, 3.63) is 81.5 Å². The summed E-state index contributed by atoms with van der Waals surface area (Å²) >= 11 is 13.7. The van der Waals surface area contributed by atoms with E-state index < -0.39 is 0 Å². The zero-order valence-corrected chi connectivity index (χ0v) is 16.4. The van der Waals surface area contributed by atoms with Crippen molar-refractivity contribution in [2.75, 3.05) is 0 Å². The lowest BCUT2D eigenvalue weighted by molar-refractivity contribution is 0.671. The van der Waals surface area contributed by atoms with Crippen molar-refractivity contribution < 1.29 is 0 Å². The Hall–Kier alpha value is -2.28. The first-order valence-corrected chi connectivity index (χ1v) is 9.87. The summed E-state index contributed by atoms with van der Waals surface area (Å²) in [6.07, 6.45) is 5.32. The Morgan fingerprint density at radius 1 is 1.19 bits per heavy atom. The zero-order valence-electron chi connectivity index (χ0n) is 14.1. The number of pyridine rings is 1. The van der Waals surface area contributed by atoms with Gasteiger partial charge in [-0.1, -0.05) is 53.2 Å². The molecule has 0 atom stereocenters. The van der Waals surface area contributed by atoms with Crippen LogP contribution >= 0.6 is 35.0 Å². The number of para-hydroxylation sites is 1. The molecule has 136 valence electrons. The third kappa shape index (κ3) is 3.48. The van der Waals surface area contributed by atoms with Crippen LogP contribution in [-0.2, 0) is 12.3 Å². The van der Waals surface area contributed by atoms with Gasteiger partial charge in [0.05, 0.1) is 26.6 Å². The first-order valence-electron chi connectivity index (χ1n) is 8.12. The molecule has 0 spiro atoms. The van der Waals surface area contributed by atoms with Crippen LogP contribution in [0.25, 0.3) is 16.6 Å². The molecule has 0 radical (unpaired) electrons. The highest BCUT2D eigenvalue weighted by atomic mass is 35.5. The summed E-state index contributed by atoms with van der Waals surface area (Å²) in [5.74, 6) is 0.539. The fourth-order valence-electron chi connectivity index (χ4n) is 2.83. The van der Waals surface area contributed by atoms with Crippen molar-refractivity contribution in [1.82, 2.24) is 18.9 Å². The fraction of sp³-hybridized carbons (Fsp3) is 0.105. The van der Waals surface area contributed by atoms with Crippen LogP contribution in [0.4, 0.5) is 0 Å². The standard InChI is InChI=1S/C19H14Cl2N4OS/c1-2-7-25-18(26)14-5-3-4-6-16(14)23-19(25)27-11-13-10-24-9-12(20)8-15(21)17(24)22-13/h2-6,8-10H,1,7,11H2. The topological polar surface area (TPSA) is 52.2 Å². The van der Waals surface area contributed by atoms with Gasteiger partial charge >= 0.3 is 0 Å². The molecule has 8 heteroatoms. The van der Waals surface area contributed by atoms with E-state index in [0.29, 0.717) is 44.0 Å². The smallest absolute Gasteiger partial charge is 0.262 e. The molecule has 0 saturated carbocycles. The van der Waals surface area contributed by atoms with Crippen LogP contribution < -0.4 is 5.56 Å². The SMILES string of the molecule is C=CCn1c(SCc2cn3cc(Cl)cc(Cl)c3n2)nc2ccccc2c1=O. The van der Waals surface area contributed by atoms with E-state index >= 15 is 0 Å². The number of allylic oxidation sites excluding steroid dienone is 1. The molecule has 3 aromatic heterocycles. The minimum Gasteiger partial charge on any atom is -0.304 e. The molecule has 1 aromatic carbocycles. The molecular formula is C19H14Cl2N4OS. The molecule has 0 aliphatic carbocycles. The van der Waals surface area contributed by atoms with Gasteiger partial charge in [-0.05, 0) is 18.2 Å². The van der Waals surface area contributed by atoms with E-state index in [2.05, 4.69) is 16.5 Å². The quantitative estimate of drug-likeness (QED) is 0.265. The summed E-state index contributed by atoms with van der Waals surface area (Å²) in [6, 6.07) is 8.99. The van der Waals surface area contributed by atoms with Crippen LogP contribution in [0, 0.1) is 0 Å². The van der Waals surface area contributed by atoms with Gasteiger partial charge in [-0.3, -0.25) is 9.36 Å². The summed E-state index contributed by atoms with van der Waals surface area (Å²) in [5.41, 5.74) is 2.06. The van der Waals surface area contributed by atoms with Gasteiger partial charge in [-0.2, -0.15) is 0 Å². The van der Waals surface area contributed by atoms with Gasteiger partial charge in [0, 0.05) is 24.7 Å². The molecule has 3 heterocycles. The maximum Gasteiger partial charge on any atom is 0.262 e. The summed E-state index contributed by atoms with van der Waals surface area (Å²) in [6.45, 7) is 4.14. The second-order valence-electron chi connectivity index (χ2n) is 5.87. The van der Waals surface area contributed by atoms with Crippen LogP contribution in [0.1, 0.15) is 5.69 Å². The van der Waals surface area contributed by atoms with Gasteiger partial charge in [-0.25, -0.2) is 9.97 Å². The molecule has 0 aliphatic heterocycles. The Bertz CT molecular complexity index is 1230. The van der Waals surface area contributed by atoms with Crippen molar-refractivity contribution in [3.63, 3.8) is 0 Å². The molecule has 27 heavy (non-hydrogen) atoms. The zero-order chi connectivity index (χ0) is 19.0. The van der Waals surface area contributed by atoms with Crippen molar-refractivity contribution in [2.24, 2.45) is 0 Å². The minimum atomic E-state index is -0.0761. The monoisotopic (exact) mass is 416 g/mol. The van der Waals surface area contributed by atoms with Gasteiger partial charge in [0.25, 0.3) is 5.56 Å². The second kappa shape index (κ2) is 7.38. The van der Waals surface area contributed by atoms with E-state index in [9.17, 15) is 4.79 Å². The van der Waals surface area contributed by atoms with Crippen LogP contribution in [0.5, 0.6) is 0 Å². The number of nitrogens with zero attached hydrogens (tertiary/aromatic N) is 4. The molecule has 0 unspecified atom stereocenters. The van der Waals surface area contributed by atoms with Gasteiger partial charge in [0.2, 0.25) is 0 Å². The summed E-state index contributed by atoms with van der Waals surface area (Å²) in [5, 5.41) is 2.25. The minimum absolute atomic E-state index is 0.0761. The first-order chi connectivity index (χ1) is 13.1. The van der Waals surface area contributed by atoms with Crippen LogP contribution in [0.3, 0.4) is 0 Å². The van der Waals surface area contributed by atoms with Crippen molar-refractivity contribution in [3.8, 4) is 0 Å². The third-order valence-corrected chi connectivity index (χ3v) is 5.51. The summed E-state index contributed by atoms with van der Waals surface area (Å²) in [7, 11) is 0. The third-order valence-electron chi connectivity index (χ3n) is 4.01. The second-order valence-corrected chi connectivity index (χ2v) is 7.66. The first kappa shape index (κ1) is 18.1. The maximum absolute atomic E-state index is 12.8. The number of benzene rings is 1. The average Bonchev–Trinajstić information content (AvgIpc) is 3.06. The molecule has 0 amide bonds. The number of fused-ring (bicyclic) bond motifs is 2. The van der Waals surface area contributed by atoms with E-state index in [4.69, 9.17) is 23.2 Å². The van der Waals surface area contributed by atoms with Gasteiger partial charge in [0.1, 0.15) is 0 Å². The predicted molar refractivity (Wildman–Crippen MR) is 111 cm³/mol. The number of imidazole rings is 1.